The van der Waals surface area contributed by atoms with E-state index in [1.54, 1.807) is 24.3 Å². The molecule has 0 radical (unpaired) electrons. The molecule has 1 aliphatic heterocycles. The van der Waals surface area contributed by atoms with E-state index >= 15 is 0 Å². The molecular formula is C19H21ClFN3O3. The average molecular weight is 394 g/mol. The highest BCUT2D eigenvalue weighted by Crippen LogP contribution is 2.22. The molecule has 1 aliphatic rings. The number of carbonyl (C=O) groups excluding carboxylic acids is 1. The summed E-state index contributed by atoms with van der Waals surface area (Å²) in [5, 5.41) is 8.26. The van der Waals surface area contributed by atoms with Gasteiger partial charge in [-0.2, -0.15) is 0 Å². The lowest BCUT2D eigenvalue weighted by molar-refractivity contribution is -0.149. The maximum Gasteiger partial charge on any atom is 0.310 e. The maximum atomic E-state index is 12.8. The Bertz CT molecular complexity index is 743. The van der Waals surface area contributed by atoms with Crippen molar-refractivity contribution >= 4 is 23.4 Å². The van der Waals surface area contributed by atoms with Gasteiger partial charge in [0.15, 0.2) is 11.0 Å². The van der Waals surface area contributed by atoms with Gasteiger partial charge in [-0.25, -0.2) is 4.39 Å². The van der Waals surface area contributed by atoms with Gasteiger partial charge >= 0.3 is 5.97 Å². The Labute approximate surface area is 162 Å². The predicted molar refractivity (Wildman–Crippen MR) is 99.5 cm³/mol. The second-order valence-electron chi connectivity index (χ2n) is 6.32. The van der Waals surface area contributed by atoms with Crippen molar-refractivity contribution in [2.45, 2.75) is 19.3 Å². The van der Waals surface area contributed by atoms with Crippen LogP contribution in [0.15, 0.2) is 36.4 Å². The van der Waals surface area contributed by atoms with Gasteiger partial charge in [0.2, 0.25) is 0 Å². The van der Waals surface area contributed by atoms with Crippen molar-refractivity contribution in [1.82, 2.24) is 10.2 Å². The molecule has 0 amide bonds. The van der Waals surface area contributed by atoms with E-state index in [0.717, 1.165) is 19.4 Å². The molecule has 0 aliphatic carbocycles. The molecule has 144 valence electrons. The molecule has 1 aromatic carbocycles. The van der Waals surface area contributed by atoms with Crippen molar-refractivity contribution in [3.05, 3.63) is 47.4 Å². The number of rotatable bonds is 7. The first-order valence-corrected chi connectivity index (χ1v) is 9.29. The van der Waals surface area contributed by atoms with E-state index in [4.69, 9.17) is 21.1 Å². The Balaban J connectivity index is 1.38. The fourth-order valence-electron chi connectivity index (χ4n) is 2.93. The van der Waals surface area contributed by atoms with Crippen LogP contribution in [0, 0.1) is 11.7 Å². The molecule has 1 saturated heterocycles. The van der Waals surface area contributed by atoms with Crippen molar-refractivity contribution < 1.29 is 18.7 Å². The predicted octanol–water partition coefficient (Wildman–Crippen LogP) is 3.50. The first-order chi connectivity index (χ1) is 13.1. The minimum atomic E-state index is -0.303. The quantitative estimate of drug-likeness (QED) is 0.530. The van der Waals surface area contributed by atoms with Gasteiger partial charge in [0, 0.05) is 19.5 Å². The molecular weight excluding hydrogens is 373 g/mol. The lowest BCUT2D eigenvalue weighted by atomic mass is 9.98. The second-order valence-corrected chi connectivity index (χ2v) is 6.71. The van der Waals surface area contributed by atoms with E-state index in [2.05, 4.69) is 10.2 Å². The lowest BCUT2D eigenvalue weighted by Crippen LogP contribution is -2.40. The Kier molecular flexibility index (Phi) is 6.81. The molecule has 0 saturated carbocycles. The molecule has 3 rings (SSSR count). The van der Waals surface area contributed by atoms with E-state index < -0.39 is 0 Å². The number of nitrogens with zero attached hydrogens (tertiary/aromatic N) is 3. The summed E-state index contributed by atoms with van der Waals surface area (Å²) in [6.45, 7) is 2.07. The smallest absolute Gasteiger partial charge is 0.310 e. The third-order valence-corrected chi connectivity index (χ3v) is 4.51. The van der Waals surface area contributed by atoms with E-state index in [1.807, 2.05) is 4.90 Å². The zero-order chi connectivity index (χ0) is 19.1. The monoisotopic (exact) mass is 393 g/mol. The van der Waals surface area contributed by atoms with Gasteiger partial charge in [0.25, 0.3) is 0 Å². The van der Waals surface area contributed by atoms with Gasteiger partial charge in [-0.05, 0) is 49.2 Å². The van der Waals surface area contributed by atoms with Gasteiger partial charge < -0.3 is 14.4 Å². The minimum absolute atomic E-state index is 0.186. The van der Waals surface area contributed by atoms with Crippen LogP contribution in [0.4, 0.5) is 10.2 Å². The Morgan fingerprint density at radius 2 is 2.00 bits per heavy atom. The van der Waals surface area contributed by atoms with Crippen molar-refractivity contribution in [1.29, 1.82) is 0 Å². The van der Waals surface area contributed by atoms with Crippen LogP contribution in [0.1, 0.15) is 19.3 Å². The molecule has 8 heteroatoms. The van der Waals surface area contributed by atoms with Crippen LogP contribution in [-0.4, -0.2) is 42.5 Å². The van der Waals surface area contributed by atoms with Crippen molar-refractivity contribution in [2.75, 3.05) is 31.2 Å². The highest BCUT2D eigenvalue weighted by molar-refractivity contribution is 6.29. The summed E-state index contributed by atoms with van der Waals surface area (Å²) in [5.41, 5.74) is 0. The van der Waals surface area contributed by atoms with Crippen molar-refractivity contribution in [3.8, 4) is 5.75 Å². The molecule has 2 heterocycles. The molecule has 27 heavy (non-hydrogen) atoms. The Morgan fingerprint density at radius 3 is 2.74 bits per heavy atom. The summed E-state index contributed by atoms with van der Waals surface area (Å²) in [5.74, 6) is 0.611. The molecule has 6 nitrogen and oxygen atoms in total. The summed E-state index contributed by atoms with van der Waals surface area (Å²) in [6, 6.07) is 9.31. The number of hydrogen-bond acceptors (Lipinski definition) is 6. The summed E-state index contributed by atoms with van der Waals surface area (Å²) in [6.07, 6.45) is 2.25. The van der Waals surface area contributed by atoms with Crippen LogP contribution in [0.25, 0.3) is 0 Å². The van der Waals surface area contributed by atoms with Gasteiger partial charge in [-0.3, -0.25) is 4.79 Å². The number of esters is 1. The average Bonchev–Trinajstić information content (AvgIpc) is 2.69. The van der Waals surface area contributed by atoms with Crippen LogP contribution < -0.4 is 9.64 Å². The summed E-state index contributed by atoms with van der Waals surface area (Å²) < 4.78 is 23.7. The SMILES string of the molecule is O=C(OCCCOc1ccc(F)cc1)[C@@H]1CCCN(c2ccc(Cl)nn2)C1. The molecule has 1 fully saturated rings. The zero-order valence-electron chi connectivity index (χ0n) is 14.8. The molecule has 0 spiro atoms. The number of ether oxygens (including phenoxy) is 2. The normalized spacial score (nSPS) is 16.8. The number of anilines is 1. The molecule has 2 aromatic rings. The summed E-state index contributed by atoms with van der Waals surface area (Å²) in [4.78, 5) is 14.3. The Hall–Kier alpha value is -2.41. The third-order valence-electron chi connectivity index (χ3n) is 4.31. The van der Waals surface area contributed by atoms with Gasteiger partial charge in [0.05, 0.1) is 19.1 Å². The summed E-state index contributed by atoms with van der Waals surface area (Å²) >= 11 is 5.77. The number of halogens is 2. The topological polar surface area (TPSA) is 64.6 Å². The number of carbonyl (C=O) groups is 1. The largest absolute Gasteiger partial charge is 0.493 e. The van der Waals surface area contributed by atoms with Crippen LogP contribution in [-0.2, 0) is 9.53 Å². The molecule has 1 atom stereocenters. The first kappa shape index (κ1) is 19.4. The van der Waals surface area contributed by atoms with E-state index in [9.17, 15) is 9.18 Å². The number of piperidine rings is 1. The van der Waals surface area contributed by atoms with Crippen LogP contribution in [0.5, 0.6) is 5.75 Å². The van der Waals surface area contributed by atoms with Crippen LogP contribution in [0.2, 0.25) is 5.15 Å². The number of benzene rings is 1. The zero-order valence-corrected chi connectivity index (χ0v) is 15.6. The van der Waals surface area contributed by atoms with E-state index in [-0.39, 0.29) is 24.3 Å². The fraction of sp³-hybridized carbons (Fsp3) is 0.421. The third kappa shape index (κ3) is 5.79. The number of aromatic nitrogens is 2. The fourth-order valence-corrected chi connectivity index (χ4v) is 3.03. The summed E-state index contributed by atoms with van der Waals surface area (Å²) in [7, 11) is 0. The van der Waals surface area contributed by atoms with E-state index in [1.165, 1.54) is 12.1 Å². The van der Waals surface area contributed by atoms with Crippen LogP contribution >= 0.6 is 11.6 Å². The molecule has 1 aromatic heterocycles. The van der Waals surface area contributed by atoms with Gasteiger partial charge in [0.1, 0.15) is 11.6 Å². The minimum Gasteiger partial charge on any atom is -0.493 e. The first-order valence-electron chi connectivity index (χ1n) is 8.91. The highest BCUT2D eigenvalue weighted by atomic mass is 35.5. The number of hydrogen-bond donors (Lipinski definition) is 0. The van der Waals surface area contributed by atoms with Crippen molar-refractivity contribution in [3.63, 3.8) is 0 Å². The highest BCUT2D eigenvalue weighted by Gasteiger charge is 2.27. The standard InChI is InChI=1S/C19H21ClFN3O3/c20-17-8-9-18(23-22-17)24-10-1-3-14(13-24)19(25)27-12-2-11-26-16-6-4-15(21)5-7-16/h4-9,14H,1-3,10-13H2/t14-/m1/s1. The van der Waals surface area contributed by atoms with E-state index in [0.29, 0.717) is 36.3 Å². The Morgan fingerprint density at radius 1 is 1.19 bits per heavy atom. The maximum absolute atomic E-state index is 12.8. The lowest BCUT2D eigenvalue weighted by Gasteiger charge is -2.32. The molecule has 0 N–H and O–H groups in total. The van der Waals surface area contributed by atoms with Gasteiger partial charge in [-0.15, -0.1) is 10.2 Å². The molecule has 0 unspecified atom stereocenters. The molecule has 0 bridgehead atoms. The van der Waals surface area contributed by atoms with Crippen LogP contribution in [0.3, 0.4) is 0 Å². The van der Waals surface area contributed by atoms with Gasteiger partial charge in [-0.1, -0.05) is 11.6 Å². The second kappa shape index (κ2) is 9.50. The van der Waals surface area contributed by atoms with Crippen molar-refractivity contribution in [2.24, 2.45) is 5.92 Å².